The van der Waals surface area contributed by atoms with Crippen LogP contribution in [0.3, 0.4) is 0 Å². The molecule has 1 N–H and O–H groups in total. The smallest absolute Gasteiger partial charge is 0.446 e. The lowest BCUT2D eigenvalue weighted by Crippen LogP contribution is -2.63. The number of halogens is 3. The van der Waals surface area contributed by atoms with Gasteiger partial charge in [0.15, 0.2) is 0 Å². The van der Waals surface area contributed by atoms with Crippen molar-refractivity contribution in [2.75, 3.05) is 19.8 Å². The van der Waals surface area contributed by atoms with Crippen LogP contribution in [0.25, 0.3) is 0 Å². The topological polar surface area (TPSA) is 65.0 Å². The lowest BCUT2D eigenvalue weighted by molar-refractivity contribution is -0.411. The Morgan fingerprint density at radius 2 is 2.19 bits per heavy atom. The third kappa shape index (κ3) is 2.28. The summed E-state index contributed by atoms with van der Waals surface area (Å²) in [6.45, 7) is 0.634. The molecule has 0 bridgehead atoms. The molecular weight excluding hydrogens is 233 g/mol. The number of esters is 1. The van der Waals surface area contributed by atoms with Crippen molar-refractivity contribution in [1.82, 2.24) is 0 Å². The van der Waals surface area contributed by atoms with E-state index >= 15 is 0 Å². The van der Waals surface area contributed by atoms with Crippen molar-refractivity contribution in [2.24, 2.45) is 0 Å². The highest BCUT2D eigenvalue weighted by atomic mass is 19.4. The van der Waals surface area contributed by atoms with E-state index in [0.29, 0.717) is 0 Å². The van der Waals surface area contributed by atoms with E-state index in [0.717, 1.165) is 0 Å². The average molecular weight is 244 g/mol. The van der Waals surface area contributed by atoms with Gasteiger partial charge in [-0.05, 0) is 6.92 Å². The van der Waals surface area contributed by atoms with Gasteiger partial charge in [-0.1, -0.05) is 0 Å². The largest absolute Gasteiger partial charge is 0.464 e. The first kappa shape index (κ1) is 13.2. The van der Waals surface area contributed by atoms with Crippen molar-refractivity contribution in [3.8, 4) is 0 Å². The third-order valence-corrected chi connectivity index (χ3v) is 1.95. The highest BCUT2D eigenvalue weighted by Gasteiger charge is 2.65. The number of alkyl halides is 3. The zero-order valence-electron chi connectivity index (χ0n) is 8.41. The fourth-order valence-electron chi connectivity index (χ4n) is 1.23. The molecule has 1 aliphatic heterocycles. The first-order valence-electron chi connectivity index (χ1n) is 4.54. The maximum atomic E-state index is 12.5. The van der Waals surface area contributed by atoms with Crippen LogP contribution < -0.4 is 0 Å². The minimum absolute atomic E-state index is 0.118. The Morgan fingerprint density at radius 1 is 1.56 bits per heavy atom. The highest BCUT2D eigenvalue weighted by Crippen LogP contribution is 2.37. The lowest BCUT2D eigenvalue weighted by atomic mass is 10.1. The number of hydrogen-bond donors (Lipinski definition) is 1. The minimum Gasteiger partial charge on any atom is -0.464 e. The number of rotatable bonds is 2. The quantitative estimate of drug-likeness (QED) is 0.704. The molecule has 1 fully saturated rings. The summed E-state index contributed by atoms with van der Waals surface area (Å²) >= 11 is 0. The molecule has 16 heavy (non-hydrogen) atoms. The summed E-state index contributed by atoms with van der Waals surface area (Å²) in [7, 11) is 0. The van der Waals surface area contributed by atoms with Crippen molar-refractivity contribution in [1.29, 1.82) is 0 Å². The molecule has 94 valence electrons. The molecule has 0 saturated carbocycles. The van der Waals surface area contributed by atoms with Crippen LogP contribution in [0.5, 0.6) is 0 Å². The molecule has 0 aliphatic carbocycles. The number of carbonyl (C=O) groups is 1. The van der Waals surface area contributed by atoms with E-state index in [-0.39, 0.29) is 13.2 Å². The van der Waals surface area contributed by atoms with E-state index in [4.69, 9.17) is 0 Å². The summed E-state index contributed by atoms with van der Waals surface area (Å²) in [6.07, 6.45) is -7.34. The van der Waals surface area contributed by atoms with Gasteiger partial charge in [0.1, 0.15) is 0 Å². The molecule has 1 aliphatic rings. The second-order valence-corrected chi connectivity index (χ2v) is 3.05. The molecule has 0 aromatic rings. The Bertz CT molecular complexity index is 267. The van der Waals surface area contributed by atoms with Gasteiger partial charge in [-0.25, -0.2) is 4.79 Å². The molecule has 0 spiro atoms. The molecule has 0 amide bonds. The van der Waals surface area contributed by atoms with Gasteiger partial charge < -0.3 is 19.3 Å². The van der Waals surface area contributed by atoms with Gasteiger partial charge in [0.25, 0.3) is 0 Å². The van der Waals surface area contributed by atoms with Crippen LogP contribution in [0.15, 0.2) is 0 Å². The van der Waals surface area contributed by atoms with Gasteiger partial charge in [-0.2, -0.15) is 13.2 Å². The third-order valence-electron chi connectivity index (χ3n) is 1.95. The second kappa shape index (κ2) is 4.56. The van der Waals surface area contributed by atoms with Crippen molar-refractivity contribution in [2.45, 2.75) is 25.0 Å². The van der Waals surface area contributed by atoms with Crippen molar-refractivity contribution >= 4 is 5.97 Å². The van der Waals surface area contributed by atoms with Gasteiger partial charge in [0, 0.05) is 0 Å². The van der Waals surface area contributed by atoms with Gasteiger partial charge in [-0.3, -0.25) is 0 Å². The standard InChI is InChI=1S/C8H11F3O5/c1-2-14-6(12)5-7(13,8(9,10)11)16-4-3-15-5/h5,13H,2-4H2,1H3. The zero-order valence-corrected chi connectivity index (χ0v) is 8.41. The fraction of sp³-hybridized carbons (Fsp3) is 0.875. The van der Waals surface area contributed by atoms with Crippen LogP contribution in [0.2, 0.25) is 0 Å². The summed E-state index contributed by atoms with van der Waals surface area (Å²) < 4.78 is 50.7. The van der Waals surface area contributed by atoms with Crippen LogP contribution in [0, 0.1) is 0 Å². The monoisotopic (exact) mass is 244 g/mol. The summed E-state index contributed by atoms with van der Waals surface area (Å²) in [5, 5.41) is 9.29. The van der Waals surface area contributed by atoms with Crippen LogP contribution in [0.1, 0.15) is 6.92 Å². The molecule has 2 unspecified atom stereocenters. The maximum absolute atomic E-state index is 12.5. The van der Waals surface area contributed by atoms with Crippen molar-refractivity contribution in [3.05, 3.63) is 0 Å². The predicted molar refractivity (Wildman–Crippen MR) is 43.3 cm³/mol. The van der Waals surface area contributed by atoms with E-state index in [9.17, 15) is 23.1 Å². The first-order chi connectivity index (χ1) is 7.33. The molecule has 0 aromatic carbocycles. The van der Waals surface area contributed by atoms with Crippen molar-refractivity contribution < 1.29 is 37.3 Å². The average Bonchev–Trinajstić information content (AvgIpc) is 2.17. The SMILES string of the molecule is CCOC(=O)C1OCCOC1(O)C(F)(F)F. The van der Waals surface area contributed by atoms with E-state index in [1.54, 1.807) is 0 Å². The molecule has 1 heterocycles. The molecule has 0 radical (unpaired) electrons. The number of aliphatic hydroxyl groups is 1. The van der Waals surface area contributed by atoms with Crippen molar-refractivity contribution in [3.63, 3.8) is 0 Å². The fourth-order valence-corrected chi connectivity index (χ4v) is 1.23. The normalized spacial score (nSPS) is 31.2. The Balaban J connectivity index is 2.90. The second-order valence-electron chi connectivity index (χ2n) is 3.05. The first-order valence-corrected chi connectivity index (χ1v) is 4.54. The van der Waals surface area contributed by atoms with Gasteiger partial charge in [0.05, 0.1) is 19.8 Å². The summed E-state index contributed by atoms with van der Waals surface area (Å²) in [5.74, 6) is -4.95. The number of ether oxygens (including phenoxy) is 3. The molecule has 5 nitrogen and oxygen atoms in total. The Labute approximate surface area is 89.1 Å². The summed E-state index contributed by atoms with van der Waals surface area (Å²) in [6, 6.07) is 0. The summed E-state index contributed by atoms with van der Waals surface area (Å²) in [5.41, 5.74) is 0. The van der Waals surface area contributed by atoms with E-state index in [1.807, 2.05) is 0 Å². The van der Waals surface area contributed by atoms with Gasteiger partial charge in [0.2, 0.25) is 6.10 Å². The van der Waals surface area contributed by atoms with Gasteiger partial charge in [-0.15, -0.1) is 0 Å². The predicted octanol–water partition coefficient (Wildman–Crippen LogP) is 0.216. The number of hydrogen-bond acceptors (Lipinski definition) is 5. The maximum Gasteiger partial charge on any atom is 0.446 e. The highest BCUT2D eigenvalue weighted by molar-refractivity contribution is 5.76. The molecular formula is C8H11F3O5. The molecule has 1 saturated heterocycles. The Hall–Kier alpha value is -0.860. The van der Waals surface area contributed by atoms with E-state index in [1.165, 1.54) is 6.92 Å². The zero-order chi connectivity index (χ0) is 12.4. The van der Waals surface area contributed by atoms with Gasteiger partial charge >= 0.3 is 17.9 Å². The van der Waals surface area contributed by atoms with Crippen LogP contribution >= 0.6 is 0 Å². The lowest BCUT2D eigenvalue weighted by Gasteiger charge is -2.38. The van der Waals surface area contributed by atoms with Crippen LogP contribution in [-0.2, 0) is 19.0 Å². The Morgan fingerprint density at radius 3 is 2.69 bits per heavy atom. The minimum atomic E-state index is -5.13. The summed E-state index contributed by atoms with van der Waals surface area (Å²) in [4.78, 5) is 11.2. The van der Waals surface area contributed by atoms with Crippen LogP contribution in [-0.4, -0.2) is 49.0 Å². The number of carbonyl (C=O) groups excluding carboxylic acids is 1. The molecule has 1 rings (SSSR count). The van der Waals surface area contributed by atoms with E-state index < -0.39 is 30.6 Å². The Kier molecular flexibility index (Phi) is 3.76. The molecule has 2 atom stereocenters. The van der Waals surface area contributed by atoms with E-state index in [2.05, 4.69) is 14.2 Å². The molecule has 8 heteroatoms. The molecule has 0 aromatic heterocycles. The van der Waals surface area contributed by atoms with Crippen LogP contribution in [0.4, 0.5) is 13.2 Å².